The molecule has 0 aromatic heterocycles. The Bertz CT molecular complexity index is 808. The van der Waals surface area contributed by atoms with Gasteiger partial charge in [0.2, 0.25) is 5.88 Å². The molecule has 1 aliphatic rings. The van der Waals surface area contributed by atoms with Gasteiger partial charge in [-0.3, -0.25) is 0 Å². The summed E-state index contributed by atoms with van der Waals surface area (Å²) in [5.41, 5.74) is 6.80. The maximum absolute atomic E-state index is 12.6. The fourth-order valence-corrected chi connectivity index (χ4v) is 2.93. The maximum atomic E-state index is 12.6. The molecule has 2 rings (SSSR count). The summed E-state index contributed by atoms with van der Waals surface area (Å²) in [5.74, 6) is -0.593. The molecule has 1 aliphatic heterocycles. The predicted molar refractivity (Wildman–Crippen MR) is 97.2 cm³/mol. The minimum atomic E-state index is -0.779. The zero-order valence-corrected chi connectivity index (χ0v) is 15.7. The van der Waals surface area contributed by atoms with Crippen molar-refractivity contribution in [3.05, 3.63) is 51.6 Å². The number of carbonyl (C=O) groups is 1. The zero-order valence-electron chi connectivity index (χ0n) is 15.0. The van der Waals surface area contributed by atoms with E-state index in [-0.39, 0.29) is 29.4 Å². The number of hydrogen-bond donors (Lipinski definition) is 1. The van der Waals surface area contributed by atoms with E-state index in [1.54, 1.807) is 32.0 Å². The van der Waals surface area contributed by atoms with E-state index in [0.717, 1.165) is 6.42 Å². The Labute approximate surface area is 157 Å². The molecule has 1 unspecified atom stereocenters. The number of halogens is 1. The highest BCUT2D eigenvalue weighted by Crippen LogP contribution is 2.43. The van der Waals surface area contributed by atoms with Crippen molar-refractivity contribution in [1.29, 1.82) is 5.26 Å². The molecule has 0 saturated carbocycles. The first-order valence-corrected chi connectivity index (χ1v) is 8.70. The lowest BCUT2D eigenvalue weighted by Gasteiger charge is -2.28. The van der Waals surface area contributed by atoms with E-state index in [1.165, 1.54) is 0 Å². The molecule has 26 heavy (non-hydrogen) atoms. The number of allylic oxidation sites excluding steroid dienone is 2. The third-order valence-corrected chi connectivity index (χ3v) is 4.08. The van der Waals surface area contributed by atoms with Crippen LogP contribution >= 0.6 is 11.6 Å². The third-order valence-electron chi connectivity index (χ3n) is 3.85. The number of ether oxygens (including phenoxy) is 3. The molecule has 1 aromatic rings. The number of hydrogen-bond acceptors (Lipinski definition) is 6. The standard InChI is InChI=1S/C19H21ClN2O4/c1-4-8-25-15-7-6-12(20)9-13(15)17-14(10-21)18(22)26-11(3)16(17)19(23)24-5-2/h6-7,9,17H,4-5,8,22H2,1-3H3. The quantitative estimate of drug-likeness (QED) is 0.759. The minimum Gasteiger partial charge on any atom is -0.493 e. The van der Waals surface area contributed by atoms with Gasteiger partial charge in [0.15, 0.2) is 0 Å². The van der Waals surface area contributed by atoms with Gasteiger partial charge < -0.3 is 19.9 Å². The summed E-state index contributed by atoms with van der Waals surface area (Å²) in [6.07, 6.45) is 0.804. The van der Waals surface area contributed by atoms with E-state index in [4.69, 9.17) is 31.5 Å². The Hall–Kier alpha value is -2.65. The molecule has 7 heteroatoms. The van der Waals surface area contributed by atoms with E-state index < -0.39 is 11.9 Å². The average Bonchev–Trinajstić information content (AvgIpc) is 2.60. The molecule has 0 fully saturated rings. The van der Waals surface area contributed by atoms with Gasteiger partial charge in [0, 0.05) is 10.6 Å². The first-order valence-electron chi connectivity index (χ1n) is 8.32. The third kappa shape index (κ3) is 3.94. The number of benzene rings is 1. The lowest BCUT2D eigenvalue weighted by molar-refractivity contribution is -0.139. The monoisotopic (exact) mass is 376 g/mol. The van der Waals surface area contributed by atoms with Crippen LogP contribution in [0.4, 0.5) is 0 Å². The molecule has 2 N–H and O–H groups in total. The second kappa shape index (κ2) is 8.63. The average molecular weight is 377 g/mol. The highest BCUT2D eigenvalue weighted by Gasteiger charge is 2.38. The molecule has 0 bridgehead atoms. The van der Waals surface area contributed by atoms with Crippen molar-refractivity contribution in [2.45, 2.75) is 33.1 Å². The highest BCUT2D eigenvalue weighted by molar-refractivity contribution is 6.30. The normalized spacial score (nSPS) is 16.8. The number of esters is 1. The van der Waals surface area contributed by atoms with Crippen LogP contribution in [-0.4, -0.2) is 19.2 Å². The van der Waals surface area contributed by atoms with Gasteiger partial charge in [0.25, 0.3) is 0 Å². The van der Waals surface area contributed by atoms with E-state index in [2.05, 4.69) is 0 Å². The van der Waals surface area contributed by atoms with Crippen molar-refractivity contribution in [3.63, 3.8) is 0 Å². The Morgan fingerprint density at radius 1 is 1.42 bits per heavy atom. The smallest absolute Gasteiger partial charge is 0.338 e. The van der Waals surface area contributed by atoms with Gasteiger partial charge in [0.05, 0.1) is 24.7 Å². The second-order valence-corrected chi connectivity index (χ2v) is 6.08. The molecule has 0 aliphatic carbocycles. The zero-order chi connectivity index (χ0) is 19.3. The van der Waals surface area contributed by atoms with Gasteiger partial charge in [-0.1, -0.05) is 18.5 Å². The van der Waals surface area contributed by atoms with Gasteiger partial charge in [-0.15, -0.1) is 0 Å². The predicted octanol–water partition coefficient (Wildman–Crippen LogP) is 3.77. The van der Waals surface area contributed by atoms with Gasteiger partial charge in [-0.25, -0.2) is 4.79 Å². The summed E-state index contributed by atoms with van der Waals surface area (Å²) in [7, 11) is 0. The van der Waals surface area contributed by atoms with Gasteiger partial charge >= 0.3 is 5.97 Å². The van der Waals surface area contributed by atoms with Crippen LogP contribution in [0.25, 0.3) is 0 Å². The number of nitrogens with two attached hydrogens (primary N) is 1. The van der Waals surface area contributed by atoms with Crippen LogP contribution in [0, 0.1) is 11.3 Å². The number of nitrogens with zero attached hydrogens (tertiary/aromatic N) is 1. The lowest BCUT2D eigenvalue weighted by Crippen LogP contribution is -2.26. The van der Waals surface area contributed by atoms with Crippen LogP contribution in [0.5, 0.6) is 5.75 Å². The van der Waals surface area contributed by atoms with Crippen molar-refractivity contribution in [1.82, 2.24) is 0 Å². The number of rotatable bonds is 6. The summed E-state index contributed by atoms with van der Waals surface area (Å²) in [4.78, 5) is 12.6. The largest absolute Gasteiger partial charge is 0.493 e. The van der Waals surface area contributed by atoms with Gasteiger partial charge in [-0.05, 0) is 38.5 Å². The van der Waals surface area contributed by atoms with Crippen molar-refractivity contribution in [2.75, 3.05) is 13.2 Å². The first-order chi connectivity index (χ1) is 12.4. The Morgan fingerprint density at radius 3 is 2.77 bits per heavy atom. The summed E-state index contributed by atoms with van der Waals surface area (Å²) in [6.45, 7) is 5.97. The topological polar surface area (TPSA) is 94.6 Å². The van der Waals surface area contributed by atoms with Gasteiger partial charge in [-0.2, -0.15) is 5.26 Å². The van der Waals surface area contributed by atoms with Crippen molar-refractivity contribution in [2.24, 2.45) is 5.73 Å². The van der Waals surface area contributed by atoms with Gasteiger partial charge in [0.1, 0.15) is 23.2 Å². The molecule has 0 spiro atoms. The maximum Gasteiger partial charge on any atom is 0.338 e. The molecule has 0 saturated heterocycles. The van der Waals surface area contributed by atoms with Crippen molar-refractivity contribution >= 4 is 17.6 Å². The Kier molecular flexibility index (Phi) is 6.53. The summed E-state index contributed by atoms with van der Waals surface area (Å²) in [6, 6.07) is 7.11. The molecule has 1 heterocycles. The van der Waals surface area contributed by atoms with E-state index >= 15 is 0 Å². The summed E-state index contributed by atoms with van der Waals surface area (Å²) in [5, 5.41) is 10.1. The lowest BCUT2D eigenvalue weighted by atomic mass is 9.82. The van der Waals surface area contributed by atoms with Crippen LogP contribution < -0.4 is 10.5 Å². The van der Waals surface area contributed by atoms with Crippen molar-refractivity contribution < 1.29 is 19.0 Å². The summed E-state index contributed by atoms with van der Waals surface area (Å²) < 4.78 is 16.4. The van der Waals surface area contributed by atoms with Crippen LogP contribution in [-0.2, 0) is 14.3 Å². The first kappa shape index (κ1) is 19.7. The Balaban J connectivity index is 2.67. The van der Waals surface area contributed by atoms with E-state index in [0.29, 0.717) is 22.9 Å². The number of nitriles is 1. The molecule has 0 radical (unpaired) electrons. The second-order valence-electron chi connectivity index (χ2n) is 5.65. The van der Waals surface area contributed by atoms with Crippen LogP contribution in [0.3, 0.4) is 0 Å². The van der Waals surface area contributed by atoms with Crippen molar-refractivity contribution in [3.8, 4) is 11.8 Å². The van der Waals surface area contributed by atoms with E-state index in [1.807, 2.05) is 13.0 Å². The fourth-order valence-electron chi connectivity index (χ4n) is 2.75. The van der Waals surface area contributed by atoms with Crippen LogP contribution in [0.2, 0.25) is 5.02 Å². The molecular formula is C19H21ClN2O4. The Morgan fingerprint density at radius 2 is 2.15 bits per heavy atom. The summed E-state index contributed by atoms with van der Waals surface area (Å²) >= 11 is 6.17. The highest BCUT2D eigenvalue weighted by atomic mass is 35.5. The SMILES string of the molecule is CCCOc1ccc(Cl)cc1C1C(C#N)=C(N)OC(C)=C1C(=O)OCC. The minimum absolute atomic E-state index is 0.0514. The molecular weight excluding hydrogens is 356 g/mol. The fraction of sp³-hybridized carbons (Fsp3) is 0.368. The molecule has 1 aromatic carbocycles. The molecule has 138 valence electrons. The van der Waals surface area contributed by atoms with E-state index in [9.17, 15) is 10.1 Å². The molecule has 1 atom stereocenters. The van der Waals surface area contributed by atoms with Crippen LogP contribution in [0.1, 0.15) is 38.7 Å². The number of carbonyl (C=O) groups excluding carboxylic acids is 1. The molecule has 0 amide bonds. The van der Waals surface area contributed by atoms with Crippen LogP contribution in [0.15, 0.2) is 41.0 Å². The molecule has 6 nitrogen and oxygen atoms in total.